The number of carbonyl (C=O) groups excluding carboxylic acids is 1. The lowest BCUT2D eigenvalue weighted by Gasteiger charge is -2.30. The van der Waals surface area contributed by atoms with Crippen LogP contribution in [0.2, 0.25) is 0 Å². The molecule has 142 valence electrons. The first-order valence-electron chi connectivity index (χ1n) is 9.03. The first-order valence-corrected chi connectivity index (χ1v) is 9.03. The van der Waals surface area contributed by atoms with E-state index in [1.54, 1.807) is 6.92 Å². The van der Waals surface area contributed by atoms with Gasteiger partial charge in [0.05, 0.1) is 30.2 Å². The zero-order chi connectivity index (χ0) is 19.6. The Hall–Kier alpha value is -2.68. The van der Waals surface area contributed by atoms with Crippen LogP contribution in [-0.2, 0) is 16.2 Å². The predicted octanol–water partition coefficient (Wildman–Crippen LogP) is 4.40. The van der Waals surface area contributed by atoms with Gasteiger partial charge in [-0.3, -0.25) is 0 Å². The normalized spacial score (nSPS) is 19.6. The van der Waals surface area contributed by atoms with E-state index >= 15 is 0 Å². The highest BCUT2D eigenvalue weighted by Gasteiger charge is 2.36. The Labute approximate surface area is 157 Å². The average Bonchev–Trinajstić information content (AvgIpc) is 3.49. The van der Waals surface area contributed by atoms with E-state index in [9.17, 15) is 18.8 Å². The molecule has 3 rings (SSSR count). The number of rotatable bonds is 6. The quantitative estimate of drug-likeness (QED) is 0.752. The minimum atomic E-state index is -0.888. The second-order valence-electron chi connectivity index (χ2n) is 7.05. The molecule has 1 atom stereocenters. The van der Waals surface area contributed by atoms with Crippen LogP contribution in [-0.4, -0.2) is 13.1 Å². The highest BCUT2D eigenvalue weighted by molar-refractivity contribution is 5.93. The lowest BCUT2D eigenvalue weighted by molar-refractivity contribution is -0.136. The molecule has 0 spiro atoms. The Morgan fingerprint density at radius 2 is 2.15 bits per heavy atom. The van der Waals surface area contributed by atoms with Gasteiger partial charge in [0.25, 0.3) is 0 Å². The molecule has 0 bridgehead atoms. The van der Waals surface area contributed by atoms with Crippen LogP contribution in [0.5, 0.6) is 0 Å². The predicted molar refractivity (Wildman–Crippen MR) is 96.4 cm³/mol. The number of ether oxygens (including phenoxy) is 1. The molecule has 1 heterocycles. The molecule has 0 radical (unpaired) electrons. The number of allylic oxidation sites excluding steroid dienone is 3. The third kappa shape index (κ3) is 3.87. The summed E-state index contributed by atoms with van der Waals surface area (Å²) in [4.78, 5) is 12.6. The monoisotopic (exact) mass is 372 g/mol. The third-order valence-corrected chi connectivity index (χ3v) is 5.23. The molecule has 1 aliphatic heterocycles. The molecule has 0 amide bonds. The molecule has 1 saturated carbocycles. The Morgan fingerprint density at radius 1 is 1.41 bits per heavy atom. The van der Waals surface area contributed by atoms with E-state index in [1.807, 2.05) is 0 Å². The van der Waals surface area contributed by atoms with Crippen LogP contribution in [0.25, 0.3) is 0 Å². The summed E-state index contributed by atoms with van der Waals surface area (Å²) in [5, 5.41) is 12.9. The molecule has 2 aliphatic rings. The molecule has 1 aliphatic carbocycles. The molecular formula is C21H22F2N2O2. The molecule has 1 aromatic carbocycles. The number of halogens is 2. The Kier molecular flexibility index (Phi) is 5.59. The highest BCUT2D eigenvalue weighted by atomic mass is 19.1. The maximum absolute atomic E-state index is 13.6. The van der Waals surface area contributed by atoms with Gasteiger partial charge in [-0.2, -0.15) is 5.26 Å². The van der Waals surface area contributed by atoms with Gasteiger partial charge in [0, 0.05) is 11.4 Å². The number of carbonyl (C=O) groups is 1. The number of benzene rings is 1. The number of alkyl halides is 1. The number of dihydropyridines is 1. The van der Waals surface area contributed by atoms with Crippen molar-refractivity contribution in [2.45, 2.75) is 45.2 Å². The summed E-state index contributed by atoms with van der Waals surface area (Å²) in [6.45, 7) is 0.871. The highest BCUT2D eigenvalue weighted by Crippen LogP contribution is 2.42. The number of nitrogens with zero attached hydrogens (tertiary/aromatic N) is 1. The summed E-state index contributed by atoms with van der Waals surface area (Å²) in [5.41, 5.74) is 2.49. The maximum Gasteiger partial charge on any atom is 0.336 e. The van der Waals surface area contributed by atoms with Crippen LogP contribution < -0.4 is 5.32 Å². The van der Waals surface area contributed by atoms with Gasteiger partial charge in [0.2, 0.25) is 0 Å². The van der Waals surface area contributed by atoms with E-state index in [1.165, 1.54) is 32.1 Å². The first-order chi connectivity index (χ1) is 13.0. The summed E-state index contributed by atoms with van der Waals surface area (Å²) in [5.74, 6) is -1.24. The summed E-state index contributed by atoms with van der Waals surface area (Å²) in [6, 6.07) is 5.92. The van der Waals surface area contributed by atoms with Gasteiger partial charge in [0.1, 0.15) is 12.5 Å². The second-order valence-corrected chi connectivity index (χ2v) is 7.05. The fourth-order valence-electron chi connectivity index (χ4n) is 3.63. The standard InChI is InChI=1S/C21H22F2N2O2/c1-12-17(11-24)19(16-7-6-15(23)9-14(16)10-22)20(21(26)27-2)18(25-12)8-5-13-3-4-13/h6-7,9,13,19,25H,3-5,8,10H2,1-2H3. The van der Waals surface area contributed by atoms with Crippen LogP contribution >= 0.6 is 0 Å². The van der Waals surface area contributed by atoms with Crippen LogP contribution in [0.4, 0.5) is 8.78 Å². The third-order valence-electron chi connectivity index (χ3n) is 5.23. The van der Waals surface area contributed by atoms with Crippen LogP contribution in [0.1, 0.15) is 49.7 Å². The van der Waals surface area contributed by atoms with Crippen molar-refractivity contribution in [3.63, 3.8) is 0 Å². The largest absolute Gasteiger partial charge is 0.466 e. The van der Waals surface area contributed by atoms with Gasteiger partial charge in [-0.1, -0.05) is 18.9 Å². The summed E-state index contributed by atoms with van der Waals surface area (Å²) >= 11 is 0. The van der Waals surface area contributed by atoms with Gasteiger partial charge in [0.15, 0.2) is 0 Å². The van der Waals surface area contributed by atoms with E-state index in [2.05, 4.69) is 11.4 Å². The molecule has 0 saturated heterocycles. The van der Waals surface area contributed by atoms with Gasteiger partial charge >= 0.3 is 5.97 Å². The van der Waals surface area contributed by atoms with Crippen molar-refractivity contribution in [1.82, 2.24) is 5.32 Å². The molecule has 1 aromatic rings. The van der Waals surface area contributed by atoms with Gasteiger partial charge in [-0.25, -0.2) is 13.6 Å². The van der Waals surface area contributed by atoms with E-state index in [0.717, 1.165) is 12.5 Å². The Morgan fingerprint density at radius 3 is 2.74 bits per heavy atom. The zero-order valence-electron chi connectivity index (χ0n) is 15.4. The van der Waals surface area contributed by atoms with E-state index in [-0.39, 0.29) is 5.56 Å². The molecule has 6 heteroatoms. The number of methoxy groups -OCH3 is 1. The van der Waals surface area contributed by atoms with Crippen molar-refractivity contribution in [3.05, 3.63) is 57.7 Å². The number of esters is 1. The topological polar surface area (TPSA) is 62.1 Å². The summed E-state index contributed by atoms with van der Waals surface area (Å²) in [7, 11) is 1.28. The van der Waals surface area contributed by atoms with Crippen molar-refractivity contribution in [2.24, 2.45) is 5.92 Å². The fourth-order valence-corrected chi connectivity index (χ4v) is 3.63. The minimum absolute atomic E-state index is 0.130. The maximum atomic E-state index is 13.6. The average molecular weight is 372 g/mol. The van der Waals surface area contributed by atoms with Crippen LogP contribution in [0, 0.1) is 23.1 Å². The number of nitrogens with one attached hydrogen (secondary N) is 1. The van der Waals surface area contributed by atoms with Crippen LogP contribution in [0.3, 0.4) is 0 Å². The number of nitriles is 1. The molecule has 1 N–H and O–H groups in total. The van der Waals surface area contributed by atoms with Crippen molar-refractivity contribution in [3.8, 4) is 6.07 Å². The number of hydrogen-bond acceptors (Lipinski definition) is 4. The van der Waals surface area contributed by atoms with Gasteiger partial charge in [-0.05, 0) is 48.9 Å². The lowest BCUT2D eigenvalue weighted by atomic mass is 9.78. The summed E-state index contributed by atoms with van der Waals surface area (Å²) in [6.07, 6.45) is 3.96. The second kappa shape index (κ2) is 7.91. The summed E-state index contributed by atoms with van der Waals surface area (Å²) < 4.78 is 32.2. The van der Waals surface area contributed by atoms with E-state index in [4.69, 9.17) is 4.74 Å². The van der Waals surface area contributed by atoms with Crippen molar-refractivity contribution >= 4 is 5.97 Å². The first kappa shape index (κ1) is 19.1. The van der Waals surface area contributed by atoms with Gasteiger partial charge in [-0.15, -0.1) is 0 Å². The Bertz CT molecular complexity index is 863. The van der Waals surface area contributed by atoms with Crippen molar-refractivity contribution in [2.75, 3.05) is 7.11 Å². The lowest BCUT2D eigenvalue weighted by Crippen LogP contribution is -2.30. The van der Waals surface area contributed by atoms with Crippen molar-refractivity contribution < 1.29 is 18.3 Å². The Balaban J connectivity index is 2.15. The van der Waals surface area contributed by atoms with Gasteiger partial charge < -0.3 is 10.1 Å². The molecule has 1 fully saturated rings. The molecule has 27 heavy (non-hydrogen) atoms. The van der Waals surface area contributed by atoms with Crippen molar-refractivity contribution in [1.29, 1.82) is 5.26 Å². The van der Waals surface area contributed by atoms with E-state index in [0.29, 0.717) is 40.4 Å². The zero-order valence-corrected chi connectivity index (χ0v) is 15.4. The SMILES string of the molecule is COC(=O)C1=C(CCC2CC2)NC(C)=C(C#N)C1c1ccc(F)cc1CF. The molecule has 4 nitrogen and oxygen atoms in total. The molecule has 0 aromatic heterocycles. The van der Waals surface area contributed by atoms with Crippen LogP contribution in [0.15, 0.2) is 40.7 Å². The number of hydrogen-bond donors (Lipinski definition) is 1. The smallest absolute Gasteiger partial charge is 0.336 e. The van der Waals surface area contributed by atoms with E-state index < -0.39 is 24.4 Å². The minimum Gasteiger partial charge on any atom is -0.466 e. The fraction of sp³-hybridized carbons (Fsp3) is 0.429. The molecular weight excluding hydrogens is 350 g/mol. The molecule has 1 unspecified atom stereocenters.